The summed E-state index contributed by atoms with van der Waals surface area (Å²) in [6, 6.07) is 5.66. The quantitative estimate of drug-likeness (QED) is 0.872. The highest BCUT2D eigenvalue weighted by Crippen LogP contribution is 2.39. The van der Waals surface area contributed by atoms with E-state index in [9.17, 15) is 0 Å². The minimum atomic E-state index is 0.436. The number of pyridine rings is 1. The normalized spacial score (nSPS) is 14.9. The number of methoxy groups -OCH3 is 1. The van der Waals surface area contributed by atoms with Gasteiger partial charge in [-0.2, -0.15) is 10.1 Å². The minimum Gasteiger partial charge on any atom is -0.479 e. The first-order chi connectivity index (χ1) is 8.28. The molecule has 88 valence electrons. The fourth-order valence-corrected chi connectivity index (χ4v) is 1.80. The van der Waals surface area contributed by atoms with Crippen molar-refractivity contribution in [3.05, 3.63) is 30.1 Å². The molecule has 0 amide bonds. The third kappa shape index (κ3) is 1.84. The van der Waals surface area contributed by atoms with E-state index in [-0.39, 0.29) is 0 Å². The molecule has 0 radical (unpaired) electrons. The number of hydrogen-bond donors (Lipinski definition) is 1. The minimum absolute atomic E-state index is 0.436. The van der Waals surface area contributed by atoms with Crippen molar-refractivity contribution in [2.24, 2.45) is 0 Å². The molecule has 0 spiro atoms. The molecule has 2 N–H and O–H groups in total. The van der Waals surface area contributed by atoms with Crippen LogP contribution in [0.3, 0.4) is 0 Å². The molecule has 1 aliphatic rings. The Kier molecular flexibility index (Phi) is 2.24. The fraction of sp³-hybridized carbons (Fsp3) is 0.333. The van der Waals surface area contributed by atoms with Gasteiger partial charge in [-0.25, -0.2) is 4.68 Å². The molecule has 17 heavy (non-hydrogen) atoms. The lowest BCUT2D eigenvalue weighted by Gasteiger charge is -2.05. The molecular formula is C12H14N4O. The zero-order chi connectivity index (χ0) is 11.8. The number of rotatable bonds is 3. The predicted octanol–water partition coefficient (Wildman–Crippen LogP) is 1.74. The van der Waals surface area contributed by atoms with Gasteiger partial charge in [0.05, 0.1) is 18.5 Å². The van der Waals surface area contributed by atoms with Crippen LogP contribution in [0.25, 0.3) is 5.82 Å². The first-order valence-electron chi connectivity index (χ1n) is 5.64. The van der Waals surface area contributed by atoms with E-state index in [1.54, 1.807) is 17.9 Å². The first-order valence-corrected chi connectivity index (χ1v) is 5.64. The van der Waals surface area contributed by atoms with Crippen molar-refractivity contribution in [2.45, 2.75) is 18.8 Å². The maximum Gasteiger partial charge on any atom is 0.238 e. The maximum atomic E-state index is 5.72. The second-order valence-corrected chi connectivity index (χ2v) is 4.23. The largest absolute Gasteiger partial charge is 0.479 e. The Hall–Kier alpha value is -2.04. The van der Waals surface area contributed by atoms with Crippen LogP contribution in [0.1, 0.15) is 24.5 Å². The zero-order valence-corrected chi connectivity index (χ0v) is 9.63. The topological polar surface area (TPSA) is 66.0 Å². The van der Waals surface area contributed by atoms with E-state index in [2.05, 4.69) is 10.1 Å². The molecule has 3 rings (SSSR count). The van der Waals surface area contributed by atoms with Gasteiger partial charge in [0.1, 0.15) is 0 Å². The molecule has 0 aliphatic heterocycles. The van der Waals surface area contributed by atoms with E-state index in [1.165, 1.54) is 12.8 Å². The van der Waals surface area contributed by atoms with E-state index in [1.807, 2.05) is 18.3 Å². The van der Waals surface area contributed by atoms with Crippen LogP contribution in [0.15, 0.2) is 24.4 Å². The van der Waals surface area contributed by atoms with Crippen molar-refractivity contribution >= 4 is 5.69 Å². The molecule has 0 bridgehead atoms. The summed E-state index contributed by atoms with van der Waals surface area (Å²) < 4.78 is 6.86. The lowest BCUT2D eigenvalue weighted by atomic mass is 10.3. The molecule has 0 atom stereocenters. The molecule has 5 nitrogen and oxygen atoms in total. The average molecular weight is 230 g/mol. The molecule has 0 saturated heterocycles. The fourth-order valence-electron chi connectivity index (χ4n) is 1.80. The summed E-state index contributed by atoms with van der Waals surface area (Å²) in [5.41, 5.74) is 7.40. The van der Waals surface area contributed by atoms with Crippen LogP contribution in [0.5, 0.6) is 5.88 Å². The number of hydrogen-bond acceptors (Lipinski definition) is 4. The summed E-state index contributed by atoms with van der Waals surface area (Å²) >= 11 is 0. The number of nitrogen functional groups attached to an aromatic ring is 1. The van der Waals surface area contributed by atoms with Gasteiger partial charge in [-0.1, -0.05) is 0 Å². The molecule has 5 heteroatoms. The summed E-state index contributed by atoms with van der Waals surface area (Å²) in [5.74, 6) is 1.81. The monoisotopic (exact) mass is 230 g/mol. The summed E-state index contributed by atoms with van der Waals surface area (Å²) in [7, 11) is 1.56. The number of aromatic nitrogens is 3. The standard InChI is InChI=1S/C12H14N4O/c1-17-12-9(13)4-5-11(14-12)16-7-6-10(15-16)8-2-3-8/h4-8H,2-3,13H2,1H3. The van der Waals surface area contributed by atoms with Gasteiger partial charge in [0.15, 0.2) is 5.82 Å². The van der Waals surface area contributed by atoms with Gasteiger partial charge in [-0.15, -0.1) is 0 Å². The second-order valence-electron chi connectivity index (χ2n) is 4.23. The van der Waals surface area contributed by atoms with Crippen molar-refractivity contribution in [3.63, 3.8) is 0 Å². The van der Waals surface area contributed by atoms with Crippen LogP contribution < -0.4 is 10.5 Å². The smallest absolute Gasteiger partial charge is 0.238 e. The van der Waals surface area contributed by atoms with Gasteiger partial charge in [-0.3, -0.25) is 0 Å². The highest BCUT2D eigenvalue weighted by Gasteiger charge is 2.26. The number of nitrogens with zero attached hydrogens (tertiary/aromatic N) is 3. The predicted molar refractivity (Wildman–Crippen MR) is 64.3 cm³/mol. The van der Waals surface area contributed by atoms with Crippen LogP contribution in [-0.2, 0) is 0 Å². The van der Waals surface area contributed by atoms with E-state index in [4.69, 9.17) is 10.5 Å². The van der Waals surface area contributed by atoms with Gasteiger partial charge < -0.3 is 10.5 Å². The summed E-state index contributed by atoms with van der Waals surface area (Å²) in [6.45, 7) is 0. The second kappa shape index (κ2) is 3.76. The van der Waals surface area contributed by atoms with Gasteiger partial charge >= 0.3 is 0 Å². The zero-order valence-electron chi connectivity index (χ0n) is 9.63. The average Bonchev–Trinajstić information content (AvgIpc) is 3.08. The highest BCUT2D eigenvalue weighted by atomic mass is 16.5. The molecule has 1 fully saturated rings. The number of ether oxygens (including phenoxy) is 1. The van der Waals surface area contributed by atoms with Crippen LogP contribution in [0, 0.1) is 0 Å². The van der Waals surface area contributed by atoms with Crippen LogP contribution in [-0.4, -0.2) is 21.9 Å². The molecule has 0 aromatic carbocycles. The van der Waals surface area contributed by atoms with E-state index >= 15 is 0 Å². The molecular weight excluding hydrogens is 216 g/mol. The van der Waals surface area contributed by atoms with Crippen molar-refractivity contribution < 1.29 is 4.74 Å². The Bertz CT molecular complexity index is 545. The van der Waals surface area contributed by atoms with Crippen molar-refractivity contribution in [1.82, 2.24) is 14.8 Å². The molecule has 2 heterocycles. The Morgan fingerprint density at radius 1 is 1.35 bits per heavy atom. The molecule has 2 aromatic rings. The Balaban J connectivity index is 1.96. The molecule has 1 saturated carbocycles. The molecule has 1 aliphatic carbocycles. The number of anilines is 1. The van der Waals surface area contributed by atoms with Gasteiger partial charge in [0.25, 0.3) is 0 Å². The SMILES string of the molecule is COc1nc(-n2ccc(C3CC3)n2)ccc1N. The molecule has 0 unspecified atom stereocenters. The number of nitrogens with two attached hydrogens (primary N) is 1. The summed E-state index contributed by atoms with van der Waals surface area (Å²) in [4.78, 5) is 4.31. The van der Waals surface area contributed by atoms with Crippen molar-refractivity contribution in [2.75, 3.05) is 12.8 Å². The molecule has 2 aromatic heterocycles. The van der Waals surface area contributed by atoms with Gasteiger partial charge in [0, 0.05) is 12.1 Å². The van der Waals surface area contributed by atoms with E-state index in [0.29, 0.717) is 17.5 Å². The van der Waals surface area contributed by atoms with E-state index in [0.717, 1.165) is 11.5 Å². The maximum absolute atomic E-state index is 5.72. The van der Waals surface area contributed by atoms with Gasteiger partial charge in [-0.05, 0) is 31.0 Å². The lowest BCUT2D eigenvalue weighted by Crippen LogP contribution is -2.02. The van der Waals surface area contributed by atoms with Crippen molar-refractivity contribution in [1.29, 1.82) is 0 Å². The summed E-state index contributed by atoms with van der Waals surface area (Å²) in [5, 5.41) is 4.51. The Labute approximate surface area is 99.2 Å². The Morgan fingerprint density at radius 2 is 2.18 bits per heavy atom. The van der Waals surface area contributed by atoms with Crippen molar-refractivity contribution in [3.8, 4) is 11.7 Å². The van der Waals surface area contributed by atoms with E-state index < -0.39 is 0 Å². The van der Waals surface area contributed by atoms with Crippen LogP contribution in [0.2, 0.25) is 0 Å². The first kappa shape index (κ1) is 10.1. The third-order valence-electron chi connectivity index (χ3n) is 2.91. The van der Waals surface area contributed by atoms with Crippen LogP contribution >= 0.6 is 0 Å². The Morgan fingerprint density at radius 3 is 2.88 bits per heavy atom. The summed E-state index contributed by atoms with van der Waals surface area (Å²) in [6.07, 6.45) is 4.41. The van der Waals surface area contributed by atoms with Gasteiger partial charge in [0.2, 0.25) is 5.88 Å². The van der Waals surface area contributed by atoms with Crippen LogP contribution in [0.4, 0.5) is 5.69 Å². The third-order valence-corrected chi connectivity index (χ3v) is 2.91. The lowest BCUT2D eigenvalue weighted by molar-refractivity contribution is 0.399. The highest BCUT2D eigenvalue weighted by molar-refractivity contribution is 5.50.